The molecule has 5 rings (SSSR count). The van der Waals surface area contributed by atoms with Gasteiger partial charge in [-0.25, -0.2) is 14.3 Å². The van der Waals surface area contributed by atoms with Crippen LogP contribution in [0.25, 0.3) is 11.1 Å². The summed E-state index contributed by atoms with van der Waals surface area (Å²) in [7, 11) is 0. The number of carboxylic acid groups (broad SMARTS) is 1. The second-order valence-electron chi connectivity index (χ2n) is 6.87. The van der Waals surface area contributed by atoms with E-state index in [0.29, 0.717) is 13.1 Å². The average molecular weight is 375 g/mol. The van der Waals surface area contributed by atoms with Gasteiger partial charge in [-0.1, -0.05) is 48.5 Å². The Morgan fingerprint density at radius 2 is 1.68 bits per heavy atom. The predicted octanol–water partition coefficient (Wildman–Crippen LogP) is 3.35. The minimum absolute atomic E-state index is 0.00556. The van der Waals surface area contributed by atoms with Gasteiger partial charge >= 0.3 is 12.1 Å². The average Bonchev–Trinajstić information content (AvgIpc) is 3.38. The number of anilines is 1. The Kier molecular flexibility index (Phi) is 3.68. The first-order chi connectivity index (χ1) is 13.6. The lowest BCUT2D eigenvalue weighted by Gasteiger charge is -2.19. The van der Waals surface area contributed by atoms with Crippen LogP contribution in [0.4, 0.5) is 10.6 Å². The molecule has 2 aliphatic rings. The first-order valence-electron chi connectivity index (χ1n) is 9.07. The van der Waals surface area contributed by atoms with Crippen LogP contribution in [0.2, 0.25) is 0 Å². The number of carbonyl (C=O) groups excluding carboxylic acids is 1. The number of aromatic nitrogens is 2. The van der Waals surface area contributed by atoms with Gasteiger partial charge in [0.15, 0.2) is 5.82 Å². The Hall–Kier alpha value is -3.61. The molecule has 2 aromatic carbocycles. The summed E-state index contributed by atoms with van der Waals surface area (Å²) in [5.41, 5.74) is 4.59. The minimum Gasteiger partial charge on any atom is -0.477 e. The highest BCUT2D eigenvalue weighted by molar-refractivity contribution is 5.99. The van der Waals surface area contributed by atoms with Crippen LogP contribution in [0.15, 0.2) is 54.7 Å². The van der Waals surface area contributed by atoms with Gasteiger partial charge in [-0.15, -0.1) is 0 Å². The highest BCUT2D eigenvalue weighted by Crippen LogP contribution is 2.44. The molecule has 1 aromatic heterocycles. The maximum Gasteiger partial charge on any atom is 0.415 e. The Morgan fingerprint density at radius 3 is 2.32 bits per heavy atom. The standard InChI is InChI=1S/C21H17N3O4/c25-20(26)17-11-22-24-10-9-23(19(17)24)21(27)28-12-18-15-7-3-1-5-13(15)14-6-2-4-8-16(14)18/h1-8,11,18H,9-10,12H2,(H,25,26). The fourth-order valence-corrected chi connectivity index (χ4v) is 4.13. The molecule has 7 heteroatoms. The number of amides is 1. The molecule has 1 aliphatic carbocycles. The molecule has 0 saturated carbocycles. The monoisotopic (exact) mass is 375 g/mol. The number of aromatic carboxylic acids is 1. The molecular weight excluding hydrogens is 358 g/mol. The number of carbonyl (C=O) groups is 2. The van der Waals surface area contributed by atoms with Gasteiger partial charge in [-0.3, -0.25) is 4.90 Å². The summed E-state index contributed by atoms with van der Waals surface area (Å²) in [4.78, 5) is 25.5. The van der Waals surface area contributed by atoms with Gasteiger partial charge in [0.25, 0.3) is 0 Å². The summed E-state index contributed by atoms with van der Waals surface area (Å²) in [6, 6.07) is 16.2. The van der Waals surface area contributed by atoms with Crippen molar-refractivity contribution in [1.82, 2.24) is 9.78 Å². The van der Waals surface area contributed by atoms with E-state index in [4.69, 9.17) is 4.74 Å². The zero-order valence-electron chi connectivity index (χ0n) is 14.9. The van der Waals surface area contributed by atoms with E-state index in [1.54, 1.807) is 0 Å². The van der Waals surface area contributed by atoms with Crippen LogP contribution in [-0.2, 0) is 11.3 Å². The normalized spacial score (nSPS) is 14.5. The third-order valence-electron chi connectivity index (χ3n) is 5.39. The molecule has 0 atom stereocenters. The fourth-order valence-electron chi connectivity index (χ4n) is 4.13. The Bertz CT molecular complexity index is 1060. The van der Waals surface area contributed by atoms with Crippen LogP contribution < -0.4 is 4.90 Å². The Labute approximate surface area is 160 Å². The largest absolute Gasteiger partial charge is 0.477 e. The third-order valence-corrected chi connectivity index (χ3v) is 5.39. The van der Waals surface area contributed by atoms with Crippen LogP contribution >= 0.6 is 0 Å². The van der Waals surface area contributed by atoms with Crippen molar-refractivity contribution in [3.8, 4) is 11.1 Å². The molecule has 28 heavy (non-hydrogen) atoms. The number of nitrogens with zero attached hydrogens (tertiary/aromatic N) is 3. The van der Waals surface area contributed by atoms with E-state index in [0.717, 1.165) is 22.3 Å². The minimum atomic E-state index is -1.11. The SMILES string of the molecule is O=C(O)c1cnn2c1N(C(=O)OCC1c3ccccc3-c3ccccc31)CC2. The van der Waals surface area contributed by atoms with E-state index in [1.807, 2.05) is 24.3 Å². The summed E-state index contributed by atoms with van der Waals surface area (Å²) in [6.07, 6.45) is 0.712. The molecule has 0 radical (unpaired) electrons. The van der Waals surface area contributed by atoms with Crippen molar-refractivity contribution in [3.63, 3.8) is 0 Å². The molecule has 0 fully saturated rings. The summed E-state index contributed by atoms with van der Waals surface area (Å²) in [5, 5.41) is 13.4. The quantitative estimate of drug-likeness (QED) is 0.759. The molecule has 3 aromatic rings. The van der Waals surface area contributed by atoms with Gasteiger partial charge in [-0.2, -0.15) is 5.10 Å². The predicted molar refractivity (Wildman–Crippen MR) is 102 cm³/mol. The number of carboxylic acids is 1. The number of fused-ring (bicyclic) bond motifs is 4. The number of ether oxygens (including phenoxy) is 1. The molecule has 2 heterocycles. The molecular formula is C21H17N3O4. The second-order valence-corrected chi connectivity index (χ2v) is 6.87. The lowest BCUT2D eigenvalue weighted by Crippen LogP contribution is -2.31. The van der Waals surface area contributed by atoms with E-state index in [1.165, 1.54) is 15.8 Å². The fraction of sp³-hybridized carbons (Fsp3) is 0.190. The van der Waals surface area contributed by atoms with E-state index in [9.17, 15) is 14.7 Å². The molecule has 7 nitrogen and oxygen atoms in total. The van der Waals surface area contributed by atoms with Gasteiger partial charge in [0.05, 0.1) is 19.3 Å². The van der Waals surface area contributed by atoms with Gasteiger partial charge in [0, 0.05) is 5.92 Å². The van der Waals surface area contributed by atoms with E-state index in [2.05, 4.69) is 29.4 Å². The van der Waals surface area contributed by atoms with Crippen molar-refractivity contribution in [2.24, 2.45) is 0 Å². The molecule has 0 bridgehead atoms. The van der Waals surface area contributed by atoms with E-state index >= 15 is 0 Å². The second kappa shape index (κ2) is 6.23. The zero-order valence-corrected chi connectivity index (χ0v) is 14.9. The third kappa shape index (κ3) is 2.40. The van der Waals surface area contributed by atoms with Crippen molar-refractivity contribution in [2.45, 2.75) is 12.5 Å². The van der Waals surface area contributed by atoms with Crippen LogP contribution in [0, 0.1) is 0 Å². The van der Waals surface area contributed by atoms with Gasteiger partial charge in [-0.05, 0) is 22.3 Å². The molecule has 0 spiro atoms. The molecule has 0 saturated heterocycles. The van der Waals surface area contributed by atoms with E-state index < -0.39 is 12.1 Å². The number of benzene rings is 2. The summed E-state index contributed by atoms with van der Waals surface area (Å²) >= 11 is 0. The molecule has 1 aliphatic heterocycles. The number of rotatable bonds is 3. The number of hydrogen-bond donors (Lipinski definition) is 1. The first-order valence-corrected chi connectivity index (χ1v) is 9.07. The Balaban J connectivity index is 1.39. The summed E-state index contributed by atoms with van der Waals surface area (Å²) in [6.45, 7) is 0.993. The van der Waals surface area contributed by atoms with Gasteiger partial charge in [0.2, 0.25) is 0 Å². The first kappa shape index (κ1) is 16.6. The highest BCUT2D eigenvalue weighted by atomic mass is 16.6. The van der Waals surface area contributed by atoms with Crippen LogP contribution in [0.5, 0.6) is 0 Å². The lowest BCUT2D eigenvalue weighted by molar-refractivity contribution is 0.0697. The Morgan fingerprint density at radius 1 is 1.04 bits per heavy atom. The summed E-state index contributed by atoms with van der Waals surface area (Å²) < 4.78 is 7.16. The van der Waals surface area contributed by atoms with E-state index in [-0.39, 0.29) is 23.9 Å². The maximum absolute atomic E-state index is 12.7. The van der Waals surface area contributed by atoms with Crippen molar-refractivity contribution >= 4 is 17.9 Å². The van der Waals surface area contributed by atoms with Crippen LogP contribution in [0.1, 0.15) is 27.4 Å². The zero-order chi connectivity index (χ0) is 19.3. The smallest absolute Gasteiger partial charge is 0.415 e. The molecule has 1 amide bonds. The van der Waals surface area contributed by atoms with Crippen molar-refractivity contribution in [3.05, 3.63) is 71.4 Å². The summed E-state index contributed by atoms with van der Waals surface area (Å²) in [5.74, 6) is -0.868. The van der Waals surface area contributed by atoms with Gasteiger partial charge in [0.1, 0.15) is 12.2 Å². The van der Waals surface area contributed by atoms with Crippen molar-refractivity contribution < 1.29 is 19.4 Å². The topological polar surface area (TPSA) is 84.7 Å². The molecule has 140 valence electrons. The van der Waals surface area contributed by atoms with Crippen molar-refractivity contribution in [1.29, 1.82) is 0 Å². The molecule has 1 N–H and O–H groups in total. The highest BCUT2D eigenvalue weighted by Gasteiger charge is 2.34. The number of hydrogen-bond acceptors (Lipinski definition) is 4. The van der Waals surface area contributed by atoms with Gasteiger partial charge < -0.3 is 9.84 Å². The van der Waals surface area contributed by atoms with Crippen molar-refractivity contribution in [2.75, 3.05) is 18.1 Å². The molecule has 0 unspecified atom stereocenters. The maximum atomic E-state index is 12.7. The van der Waals surface area contributed by atoms with Crippen LogP contribution in [-0.4, -0.2) is 40.1 Å². The lowest BCUT2D eigenvalue weighted by atomic mass is 9.98. The van der Waals surface area contributed by atoms with Crippen LogP contribution in [0.3, 0.4) is 0 Å².